The SMILES string of the molecule is CC(C)[C@H](NS(=O)(=O)c1cccs1)C(=O)NCCCN1CCCCCC1. The summed E-state index contributed by atoms with van der Waals surface area (Å²) >= 11 is 1.15. The van der Waals surface area contributed by atoms with Crippen LogP contribution < -0.4 is 10.0 Å². The quantitative estimate of drug-likeness (QED) is 0.623. The predicted octanol–water partition coefficient (Wildman–Crippen LogP) is 2.43. The van der Waals surface area contributed by atoms with Crippen LogP contribution in [0.2, 0.25) is 0 Å². The molecule has 0 bridgehead atoms. The number of hydrogen-bond acceptors (Lipinski definition) is 5. The summed E-state index contributed by atoms with van der Waals surface area (Å²) in [5, 5.41) is 4.61. The number of carbonyl (C=O) groups excluding carboxylic acids is 1. The topological polar surface area (TPSA) is 78.5 Å². The lowest BCUT2D eigenvalue weighted by Gasteiger charge is -2.22. The summed E-state index contributed by atoms with van der Waals surface area (Å²) in [6.07, 6.45) is 6.02. The van der Waals surface area contributed by atoms with Crippen molar-refractivity contribution >= 4 is 27.3 Å². The molecule has 0 unspecified atom stereocenters. The van der Waals surface area contributed by atoms with Crippen LogP contribution in [0.4, 0.5) is 0 Å². The van der Waals surface area contributed by atoms with E-state index in [1.807, 2.05) is 13.8 Å². The van der Waals surface area contributed by atoms with Crippen molar-refractivity contribution in [2.24, 2.45) is 5.92 Å². The van der Waals surface area contributed by atoms with Crippen molar-refractivity contribution in [1.82, 2.24) is 14.9 Å². The minimum absolute atomic E-state index is 0.129. The highest BCUT2D eigenvalue weighted by Gasteiger charge is 2.28. The van der Waals surface area contributed by atoms with Gasteiger partial charge in [-0.3, -0.25) is 4.79 Å². The van der Waals surface area contributed by atoms with Crippen molar-refractivity contribution in [2.75, 3.05) is 26.2 Å². The normalized spacial score (nSPS) is 17.8. The van der Waals surface area contributed by atoms with Crippen LogP contribution >= 0.6 is 11.3 Å². The van der Waals surface area contributed by atoms with Gasteiger partial charge < -0.3 is 10.2 Å². The molecule has 1 saturated heterocycles. The van der Waals surface area contributed by atoms with Gasteiger partial charge in [-0.05, 0) is 56.3 Å². The fraction of sp³-hybridized carbons (Fsp3) is 0.722. The zero-order chi connectivity index (χ0) is 19.0. The molecule has 2 N–H and O–H groups in total. The molecule has 6 nitrogen and oxygen atoms in total. The molecule has 2 rings (SSSR count). The molecule has 1 aromatic heterocycles. The highest BCUT2D eigenvalue weighted by Crippen LogP contribution is 2.17. The Morgan fingerprint density at radius 2 is 1.92 bits per heavy atom. The third-order valence-electron chi connectivity index (χ3n) is 4.64. The number of thiophene rings is 1. The number of sulfonamides is 1. The number of nitrogens with zero attached hydrogens (tertiary/aromatic N) is 1. The van der Waals surface area contributed by atoms with E-state index in [-0.39, 0.29) is 16.0 Å². The van der Waals surface area contributed by atoms with Gasteiger partial charge in [-0.1, -0.05) is 32.8 Å². The number of nitrogens with one attached hydrogen (secondary N) is 2. The maximum atomic E-state index is 12.5. The first-order valence-corrected chi connectivity index (χ1v) is 11.8. The van der Waals surface area contributed by atoms with Gasteiger partial charge in [0.25, 0.3) is 10.0 Å². The molecule has 26 heavy (non-hydrogen) atoms. The van der Waals surface area contributed by atoms with Crippen LogP contribution in [-0.2, 0) is 14.8 Å². The van der Waals surface area contributed by atoms with E-state index >= 15 is 0 Å². The van der Waals surface area contributed by atoms with Gasteiger partial charge >= 0.3 is 0 Å². The monoisotopic (exact) mass is 401 g/mol. The first kappa shape index (κ1) is 21.3. The van der Waals surface area contributed by atoms with E-state index in [2.05, 4.69) is 14.9 Å². The van der Waals surface area contributed by atoms with E-state index in [9.17, 15) is 13.2 Å². The van der Waals surface area contributed by atoms with E-state index in [1.165, 1.54) is 25.7 Å². The second-order valence-corrected chi connectivity index (χ2v) is 10.1. The van der Waals surface area contributed by atoms with Crippen molar-refractivity contribution in [3.63, 3.8) is 0 Å². The highest BCUT2D eigenvalue weighted by molar-refractivity contribution is 7.91. The number of rotatable bonds is 9. The van der Waals surface area contributed by atoms with Gasteiger partial charge in [0.1, 0.15) is 10.3 Å². The van der Waals surface area contributed by atoms with Crippen molar-refractivity contribution in [1.29, 1.82) is 0 Å². The van der Waals surface area contributed by atoms with Gasteiger partial charge in [0.15, 0.2) is 0 Å². The third-order valence-corrected chi connectivity index (χ3v) is 7.48. The predicted molar refractivity (Wildman–Crippen MR) is 106 cm³/mol. The van der Waals surface area contributed by atoms with Crippen LogP contribution in [0.1, 0.15) is 46.0 Å². The smallest absolute Gasteiger partial charge is 0.250 e. The molecule has 0 aromatic carbocycles. The summed E-state index contributed by atoms with van der Waals surface area (Å²) in [5.74, 6) is -0.383. The van der Waals surface area contributed by atoms with Gasteiger partial charge in [0.05, 0.1) is 0 Å². The Morgan fingerprint density at radius 3 is 2.50 bits per heavy atom. The third kappa shape index (κ3) is 6.64. The second-order valence-electron chi connectivity index (χ2n) is 7.18. The van der Waals surface area contributed by atoms with E-state index < -0.39 is 16.1 Å². The molecule has 0 spiro atoms. The largest absolute Gasteiger partial charge is 0.355 e. The molecule has 1 amide bonds. The number of hydrogen-bond donors (Lipinski definition) is 2. The Balaban J connectivity index is 1.80. The number of likely N-dealkylation sites (tertiary alicyclic amines) is 1. The molecule has 148 valence electrons. The van der Waals surface area contributed by atoms with E-state index in [4.69, 9.17) is 0 Å². The zero-order valence-corrected chi connectivity index (χ0v) is 17.4. The lowest BCUT2D eigenvalue weighted by atomic mass is 10.1. The first-order valence-electron chi connectivity index (χ1n) is 9.46. The summed E-state index contributed by atoms with van der Waals surface area (Å²) in [6.45, 7) is 7.52. The summed E-state index contributed by atoms with van der Waals surface area (Å²) in [6, 6.07) is 2.47. The van der Waals surface area contributed by atoms with Crippen LogP contribution in [-0.4, -0.2) is 51.4 Å². The molecule has 8 heteroatoms. The molecular weight excluding hydrogens is 370 g/mol. The van der Waals surface area contributed by atoms with Gasteiger partial charge in [-0.15, -0.1) is 11.3 Å². The fourth-order valence-electron chi connectivity index (χ4n) is 3.12. The van der Waals surface area contributed by atoms with E-state index in [0.29, 0.717) is 6.54 Å². The van der Waals surface area contributed by atoms with Gasteiger partial charge in [0.2, 0.25) is 5.91 Å². The second kappa shape index (κ2) is 10.4. The number of carbonyl (C=O) groups is 1. The summed E-state index contributed by atoms with van der Waals surface area (Å²) in [5.41, 5.74) is 0. The summed E-state index contributed by atoms with van der Waals surface area (Å²) in [4.78, 5) is 14.9. The Morgan fingerprint density at radius 1 is 1.23 bits per heavy atom. The Kier molecular flexibility index (Phi) is 8.53. The Labute approximate surface area is 161 Å². The van der Waals surface area contributed by atoms with Crippen LogP contribution in [0.25, 0.3) is 0 Å². The van der Waals surface area contributed by atoms with Gasteiger partial charge in [-0.2, -0.15) is 4.72 Å². The molecule has 1 atom stereocenters. The molecule has 1 fully saturated rings. The van der Waals surface area contributed by atoms with E-state index in [1.54, 1.807) is 17.5 Å². The molecular formula is C18H31N3O3S2. The van der Waals surface area contributed by atoms with Crippen LogP contribution in [0.3, 0.4) is 0 Å². The Bertz CT molecular complexity index is 637. The van der Waals surface area contributed by atoms with Gasteiger partial charge in [0, 0.05) is 6.54 Å². The lowest BCUT2D eigenvalue weighted by molar-refractivity contribution is -0.123. The van der Waals surface area contributed by atoms with Crippen molar-refractivity contribution in [3.8, 4) is 0 Å². The average molecular weight is 402 g/mol. The lowest BCUT2D eigenvalue weighted by Crippen LogP contribution is -2.49. The molecule has 1 aliphatic rings. The molecule has 2 heterocycles. The van der Waals surface area contributed by atoms with Crippen molar-refractivity contribution in [3.05, 3.63) is 17.5 Å². The standard InChI is InChI=1S/C18H31N3O3S2/c1-15(2)17(20-26(23,24)16-9-7-14-25-16)18(22)19-10-8-13-21-11-5-3-4-6-12-21/h7,9,14-15,17,20H,3-6,8,10-13H2,1-2H3,(H,19,22)/t17-/m0/s1. The molecule has 1 aromatic rings. The number of amides is 1. The van der Waals surface area contributed by atoms with Crippen LogP contribution in [0.5, 0.6) is 0 Å². The van der Waals surface area contributed by atoms with E-state index in [0.717, 1.165) is 37.4 Å². The van der Waals surface area contributed by atoms with Crippen LogP contribution in [0, 0.1) is 5.92 Å². The van der Waals surface area contributed by atoms with Crippen molar-refractivity contribution < 1.29 is 13.2 Å². The summed E-state index contributed by atoms with van der Waals surface area (Å²) in [7, 11) is -3.66. The van der Waals surface area contributed by atoms with Crippen molar-refractivity contribution in [2.45, 2.75) is 56.2 Å². The Hall–Kier alpha value is -0.960. The molecule has 1 aliphatic heterocycles. The molecule has 0 aliphatic carbocycles. The summed E-state index contributed by atoms with van der Waals surface area (Å²) < 4.78 is 27.6. The molecule has 0 saturated carbocycles. The fourth-order valence-corrected chi connectivity index (χ4v) is 5.47. The molecule has 0 radical (unpaired) electrons. The minimum Gasteiger partial charge on any atom is -0.355 e. The average Bonchev–Trinajstić information content (AvgIpc) is 3.02. The zero-order valence-electron chi connectivity index (χ0n) is 15.7. The highest BCUT2D eigenvalue weighted by atomic mass is 32.2. The first-order chi connectivity index (χ1) is 12.4. The maximum Gasteiger partial charge on any atom is 0.250 e. The minimum atomic E-state index is -3.66. The van der Waals surface area contributed by atoms with Gasteiger partial charge in [-0.25, -0.2) is 8.42 Å². The van der Waals surface area contributed by atoms with Crippen LogP contribution in [0.15, 0.2) is 21.7 Å². The maximum absolute atomic E-state index is 12.5.